The minimum Gasteiger partial charge on any atom is -0.480 e. The molecule has 6 nitrogen and oxygen atoms in total. The van der Waals surface area contributed by atoms with Gasteiger partial charge in [0.15, 0.2) is 6.04 Å². The van der Waals surface area contributed by atoms with E-state index in [-0.39, 0.29) is 12.0 Å². The van der Waals surface area contributed by atoms with Crippen LogP contribution in [0.15, 0.2) is 0 Å². The Balaban J connectivity index is 2.30. The molecule has 1 aliphatic carbocycles. The quantitative estimate of drug-likeness (QED) is 0.605. The molecule has 0 aromatic carbocycles. The van der Waals surface area contributed by atoms with Gasteiger partial charge in [0.25, 0.3) is 0 Å². The molecule has 1 rings (SSSR count). The maximum absolute atomic E-state index is 11.6. The summed E-state index contributed by atoms with van der Waals surface area (Å²) >= 11 is 0. The molecule has 104 valence electrons. The fourth-order valence-electron chi connectivity index (χ4n) is 2.04. The Labute approximate surface area is 107 Å². The highest BCUT2D eigenvalue weighted by atomic mass is 16.5. The van der Waals surface area contributed by atoms with E-state index in [2.05, 4.69) is 17.6 Å². The summed E-state index contributed by atoms with van der Waals surface area (Å²) in [6.07, 6.45) is 4.49. The molecule has 0 spiro atoms. The van der Waals surface area contributed by atoms with Gasteiger partial charge in [-0.3, -0.25) is 0 Å². The maximum Gasteiger partial charge on any atom is 0.328 e. The number of amides is 2. The molecule has 1 fully saturated rings. The summed E-state index contributed by atoms with van der Waals surface area (Å²) in [6, 6.07) is -1.45. The molecule has 6 heteroatoms. The van der Waals surface area contributed by atoms with Gasteiger partial charge in [-0.1, -0.05) is 13.3 Å². The lowest BCUT2D eigenvalue weighted by Gasteiger charge is -2.17. The number of rotatable bonds is 8. The molecule has 0 saturated heterocycles. The number of aliphatic carboxylic acids is 1. The molecule has 3 N–H and O–H groups in total. The van der Waals surface area contributed by atoms with Crippen LogP contribution in [0.3, 0.4) is 0 Å². The van der Waals surface area contributed by atoms with Gasteiger partial charge in [-0.05, 0) is 24.7 Å². The number of carboxylic acids is 1. The highest BCUT2D eigenvalue weighted by Gasteiger charge is 2.41. The molecule has 0 radical (unpaired) electrons. The molecule has 18 heavy (non-hydrogen) atoms. The molecule has 0 bridgehead atoms. The summed E-state index contributed by atoms with van der Waals surface area (Å²) in [7, 11) is 1.40. The summed E-state index contributed by atoms with van der Waals surface area (Å²) in [6.45, 7) is 2.70. The normalized spacial score (nSPS) is 17.9. The third-order valence-corrected chi connectivity index (χ3v) is 3.30. The Hall–Kier alpha value is -1.30. The highest BCUT2D eigenvalue weighted by Crippen LogP contribution is 2.48. The number of carboxylic acid groups (broad SMARTS) is 1. The van der Waals surface area contributed by atoms with Crippen LogP contribution in [0.5, 0.6) is 0 Å². The average Bonchev–Trinajstić information content (AvgIpc) is 3.07. The molecule has 1 saturated carbocycles. The van der Waals surface area contributed by atoms with Crippen LogP contribution in [-0.2, 0) is 9.53 Å². The van der Waals surface area contributed by atoms with Crippen molar-refractivity contribution in [3.05, 3.63) is 0 Å². The first-order valence-electron chi connectivity index (χ1n) is 6.29. The van der Waals surface area contributed by atoms with Gasteiger partial charge in [0.05, 0.1) is 6.61 Å². The Morgan fingerprint density at radius 2 is 2.11 bits per heavy atom. The minimum absolute atomic E-state index is 0.0388. The van der Waals surface area contributed by atoms with Crippen molar-refractivity contribution < 1.29 is 19.4 Å². The van der Waals surface area contributed by atoms with Crippen molar-refractivity contribution in [2.24, 2.45) is 5.41 Å². The SMILES string of the molecule is CCCC1(CNC(=O)NC(COC)C(=O)O)CC1. The van der Waals surface area contributed by atoms with Crippen LogP contribution >= 0.6 is 0 Å². The number of nitrogens with one attached hydrogen (secondary N) is 2. The number of hydrogen-bond donors (Lipinski definition) is 3. The molecule has 0 heterocycles. The monoisotopic (exact) mass is 258 g/mol. The number of hydrogen-bond acceptors (Lipinski definition) is 3. The predicted octanol–water partition coefficient (Wildman–Crippen LogP) is 0.965. The van der Waals surface area contributed by atoms with Gasteiger partial charge in [-0.2, -0.15) is 0 Å². The highest BCUT2D eigenvalue weighted by molar-refractivity contribution is 5.82. The second-order valence-corrected chi connectivity index (χ2v) is 4.92. The number of methoxy groups -OCH3 is 1. The first-order chi connectivity index (χ1) is 8.53. The zero-order valence-electron chi connectivity index (χ0n) is 11.0. The van der Waals surface area contributed by atoms with E-state index < -0.39 is 18.0 Å². The molecule has 1 aliphatic rings. The summed E-state index contributed by atoms with van der Waals surface area (Å²) in [5.41, 5.74) is 0.256. The van der Waals surface area contributed by atoms with Crippen LogP contribution < -0.4 is 10.6 Å². The zero-order chi connectivity index (χ0) is 13.6. The van der Waals surface area contributed by atoms with E-state index in [1.165, 1.54) is 7.11 Å². The Bertz CT molecular complexity index is 302. The second-order valence-electron chi connectivity index (χ2n) is 4.92. The standard InChI is InChI=1S/C12H22N2O4/c1-3-4-12(5-6-12)8-13-11(17)14-9(7-18-2)10(15)16/h9H,3-8H2,1-2H3,(H,15,16)(H2,13,14,17). The van der Waals surface area contributed by atoms with Gasteiger partial charge in [0.1, 0.15) is 0 Å². The summed E-state index contributed by atoms with van der Waals surface area (Å²) in [5, 5.41) is 14.0. The molecule has 1 atom stereocenters. The van der Waals surface area contributed by atoms with Crippen LogP contribution in [0.1, 0.15) is 32.6 Å². The lowest BCUT2D eigenvalue weighted by Crippen LogP contribution is -2.49. The van der Waals surface area contributed by atoms with E-state index in [1.807, 2.05) is 0 Å². The van der Waals surface area contributed by atoms with Crippen LogP contribution in [0.4, 0.5) is 4.79 Å². The van der Waals surface area contributed by atoms with Crippen molar-refractivity contribution in [2.75, 3.05) is 20.3 Å². The van der Waals surface area contributed by atoms with Crippen LogP contribution in [0.2, 0.25) is 0 Å². The van der Waals surface area contributed by atoms with Crippen LogP contribution in [0.25, 0.3) is 0 Å². The second kappa shape index (κ2) is 6.58. The van der Waals surface area contributed by atoms with E-state index in [9.17, 15) is 9.59 Å². The van der Waals surface area contributed by atoms with Crippen molar-refractivity contribution in [1.82, 2.24) is 10.6 Å². The first kappa shape index (κ1) is 14.8. The maximum atomic E-state index is 11.6. The van der Waals surface area contributed by atoms with Crippen molar-refractivity contribution in [2.45, 2.75) is 38.6 Å². The molecule has 2 amide bonds. The van der Waals surface area contributed by atoms with E-state index in [1.54, 1.807) is 0 Å². The largest absolute Gasteiger partial charge is 0.480 e. The zero-order valence-corrected chi connectivity index (χ0v) is 11.0. The van der Waals surface area contributed by atoms with Crippen LogP contribution in [-0.4, -0.2) is 43.4 Å². The van der Waals surface area contributed by atoms with Crippen molar-refractivity contribution in [3.63, 3.8) is 0 Å². The summed E-state index contributed by atoms with van der Waals surface area (Å²) in [4.78, 5) is 22.4. The number of ether oxygens (including phenoxy) is 1. The van der Waals surface area contributed by atoms with Gasteiger partial charge in [0, 0.05) is 13.7 Å². The van der Waals surface area contributed by atoms with E-state index >= 15 is 0 Å². The van der Waals surface area contributed by atoms with Crippen molar-refractivity contribution in [3.8, 4) is 0 Å². The van der Waals surface area contributed by atoms with Gasteiger partial charge in [-0.25, -0.2) is 9.59 Å². The minimum atomic E-state index is -1.10. The molecule has 0 aliphatic heterocycles. The number of carbonyl (C=O) groups excluding carboxylic acids is 1. The number of urea groups is 1. The lowest BCUT2D eigenvalue weighted by atomic mass is 10.0. The Kier molecular flexibility index (Phi) is 5.40. The molecule has 1 unspecified atom stereocenters. The average molecular weight is 258 g/mol. The van der Waals surface area contributed by atoms with Gasteiger partial charge < -0.3 is 20.5 Å². The van der Waals surface area contributed by atoms with Crippen molar-refractivity contribution >= 4 is 12.0 Å². The number of carbonyl (C=O) groups is 2. The topological polar surface area (TPSA) is 87.7 Å². The van der Waals surface area contributed by atoms with Gasteiger partial charge in [-0.15, -0.1) is 0 Å². The molecule has 0 aromatic rings. The lowest BCUT2D eigenvalue weighted by molar-refractivity contribution is -0.140. The van der Waals surface area contributed by atoms with Gasteiger partial charge in [0.2, 0.25) is 0 Å². The Morgan fingerprint density at radius 3 is 2.56 bits per heavy atom. The first-order valence-corrected chi connectivity index (χ1v) is 6.29. The molecular formula is C12H22N2O4. The summed E-state index contributed by atoms with van der Waals surface area (Å²) < 4.78 is 4.74. The van der Waals surface area contributed by atoms with E-state index in [4.69, 9.17) is 9.84 Å². The fraction of sp³-hybridized carbons (Fsp3) is 0.833. The fourth-order valence-corrected chi connectivity index (χ4v) is 2.04. The predicted molar refractivity (Wildman–Crippen MR) is 66.4 cm³/mol. The molecule has 0 aromatic heterocycles. The van der Waals surface area contributed by atoms with E-state index in [0.717, 1.165) is 25.7 Å². The Morgan fingerprint density at radius 1 is 1.44 bits per heavy atom. The third kappa shape index (κ3) is 4.52. The molecular weight excluding hydrogens is 236 g/mol. The smallest absolute Gasteiger partial charge is 0.328 e. The van der Waals surface area contributed by atoms with E-state index in [0.29, 0.717) is 6.54 Å². The van der Waals surface area contributed by atoms with Gasteiger partial charge >= 0.3 is 12.0 Å². The van der Waals surface area contributed by atoms with Crippen molar-refractivity contribution in [1.29, 1.82) is 0 Å². The summed E-state index contributed by atoms with van der Waals surface area (Å²) in [5.74, 6) is -1.10. The van der Waals surface area contributed by atoms with Crippen LogP contribution in [0, 0.1) is 5.41 Å². The third-order valence-electron chi connectivity index (χ3n) is 3.30.